The number of nitrogens with zero attached hydrogens (tertiary/aromatic N) is 1. The Hall–Kier alpha value is -5.86. The molecular formula is C53H43NO. The molecule has 2 fully saturated rings. The molecule has 7 aromatic carbocycles. The van der Waals surface area contributed by atoms with Gasteiger partial charge in [-0.25, -0.2) is 0 Å². The van der Waals surface area contributed by atoms with Gasteiger partial charge in [0, 0.05) is 38.7 Å². The predicted octanol–water partition coefficient (Wildman–Crippen LogP) is 14.4. The summed E-state index contributed by atoms with van der Waals surface area (Å²) < 4.78 is 6.29. The van der Waals surface area contributed by atoms with E-state index >= 15 is 0 Å². The van der Waals surface area contributed by atoms with E-state index in [4.69, 9.17) is 4.42 Å². The van der Waals surface area contributed by atoms with Gasteiger partial charge < -0.3 is 9.32 Å². The van der Waals surface area contributed by atoms with E-state index in [9.17, 15) is 0 Å². The molecule has 0 aliphatic heterocycles. The molecule has 2 bridgehead atoms. The van der Waals surface area contributed by atoms with Crippen molar-refractivity contribution in [2.45, 2.75) is 57.3 Å². The highest BCUT2D eigenvalue weighted by Crippen LogP contribution is 2.66. The van der Waals surface area contributed by atoms with E-state index in [2.05, 4.69) is 171 Å². The molecule has 3 unspecified atom stereocenters. The fourth-order valence-electron chi connectivity index (χ4n) is 11.7. The van der Waals surface area contributed by atoms with Crippen LogP contribution in [0.5, 0.6) is 0 Å². The highest BCUT2D eigenvalue weighted by atomic mass is 16.3. The first-order valence-corrected chi connectivity index (χ1v) is 20.2. The Morgan fingerprint density at radius 3 is 1.95 bits per heavy atom. The lowest BCUT2D eigenvalue weighted by Crippen LogP contribution is -2.32. The van der Waals surface area contributed by atoms with E-state index in [1.165, 1.54) is 98.2 Å². The van der Waals surface area contributed by atoms with E-state index in [-0.39, 0.29) is 10.8 Å². The van der Waals surface area contributed by atoms with E-state index in [0.29, 0.717) is 0 Å². The fraction of sp³-hybridized carbons (Fsp3) is 0.208. The van der Waals surface area contributed by atoms with Crippen molar-refractivity contribution in [1.29, 1.82) is 0 Å². The summed E-state index contributed by atoms with van der Waals surface area (Å²) in [5.41, 5.74) is 20.6. The molecule has 0 saturated heterocycles. The summed E-state index contributed by atoms with van der Waals surface area (Å²) in [6, 6.07) is 55.1. The molecule has 2 saturated carbocycles. The normalized spacial score (nSPS) is 20.9. The van der Waals surface area contributed by atoms with Crippen LogP contribution in [0.1, 0.15) is 67.3 Å². The summed E-state index contributed by atoms with van der Waals surface area (Å²) in [6.45, 7) is 6.88. The second kappa shape index (κ2) is 11.1. The largest absolute Gasteiger partial charge is 0.456 e. The molecule has 4 aliphatic carbocycles. The van der Waals surface area contributed by atoms with Gasteiger partial charge in [0.1, 0.15) is 11.2 Å². The zero-order chi connectivity index (χ0) is 36.6. The van der Waals surface area contributed by atoms with Gasteiger partial charge in [0.2, 0.25) is 0 Å². The van der Waals surface area contributed by atoms with Gasteiger partial charge in [0.05, 0.1) is 0 Å². The third kappa shape index (κ3) is 4.26. The van der Waals surface area contributed by atoms with Gasteiger partial charge in [-0.05, 0) is 148 Å². The van der Waals surface area contributed by atoms with Crippen LogP contribution < -0.4 is 4.90 Å². The molecule has 0 amide bonds. The molecule has 266 valence electrons. The van der Waals surface area contributed by atoms with Crippen molar-refractivity contribution in [3.8, 4) is 33.4 Å². The molecule has 1 heterocycles. The topological polar surface area (TPSA) is 16.4 Å². The summed E-state index contributed by atoms with van der Waals surface area (Å²) in [6.07, 6.45) is 5.37. The number of hydrogen-bond acceptors (Lipinski definition) is 2. The first kappa shape index (κ1) is 31.5. The van der Waals surface area contributed by atoms with E-state index in [0.717, 1.165) is 28.4 Å². The van der Waals surface area contributed by atoms with Crippen LogP contribution in [-0.2, 0) is 10.8 Å². The van der Waals surface area contributed by atoms with Gasteiger partial charge in [0.15, 0.2) is 0 Å². The standard InChI is InChI=1S/C53H43NO/c1-32-9-8-12-44-45-28-35(18-26-50(45)55-51(32)44)34-16-20-37(21-17-34)54(38-22-24-42-40-10-4-6-13-46(40)52(2,3)48(42)29-38)39-23-25-43-41-11-5-7-14-47(41)53(49(43)30-39)31-33-15-19-36(53)27-33/h4-14,16-18,20-26,28-30,33,36H,15,19,27,31H2,1-3H3. The van der Waals surface area contributed by atoms with Gasteiger partial charge in [-0.3, -0.25) is 0 Å². The Morgan fingerprint density at radius 2 is 1.20 bits per heavy atom. The maximum Gasteiger partial charge on any atom is 0.138 e. The van der Waals surface area contributed by atoms with Gasteiger partial charge >= 0.3 is 0 Å². The minimum absolute atomic E-state index is 0.0847. The van der Waals surface area contributed by atoms with Crippen LogP contribution in [0.25, 0.3) is 55.3 Å². The van der Waals surface area contributed by atoms with Crippen molar-refractivity contribution in [1.82, 2.24) is 0 Å². The fourth-order valence-corrected chi connectivity index (χ4v) is 11.7. The number of para-hydroxylation sites is 1. The Bertz CT molecular complexity index is 2890. The number of benzene rings is 7. The zero-order valence-electron chi connectivity index (χ0n) is 31.7. The number of hydrogen-bond donors (Lipinski definition) is 0. The van der Waals surface area contributed by atoms with E-state index in [1.807, 2.05) is 0 Å². The van der Waals surface area contributed by atoms with Gasteiger partial charge in [0.25, 0.3) is 0 Å². The second-order valence-corrected chi connectivity index (χ2v) is 17.4. The SMILES string of the molecule is Cc1cccc2c1oc1ccc(-c3ccc(N(c4ccc5c(c4)C(C)(C)c4ccccc4-5)c4ccc5c(c4)C4(CC6CCC4C6)c4ccccc4-5)cc3)cc12. The monoisotopic (exact) mass is 709 g/mol. The van der Waals surface area contributed by atoms with Crippen LogP contribution in [0.15, 0.2) is 150 Å². The molecule has 4 aliphatic rings. The highest BCUT2D eigenvalue weighted by Gasteiger charge is 2.56. The molecule has 1 spiro atoms. The summed E-state index contributed by atoms with van der Waals surface area (Å²) in [5.74, 6) is 1.55. The predicted molar refractivity (Wildman–Crippen MR) is 228 cm³/mol. The Kier molecular flexibility index (Phi) is 6.36. The minimum Gasteiger partial charge on any atom is -0.456 e. The summed E-state index contributed by atoms with van der Waals surface area (Å²) in [5, 5.41) is 2.34. The van der Waals surface area contributed by atoms with Crippen molar-refractivity contribution >= 4 is 39.0 Å². The minimum atomic E-state index is -0.0847. The Labute approximate surface area is 323 Å². The molecule has 0 radical (unpaired) electrons. The van der Waals surface area contributed by atoms with Crippen LogP contribution in [0.2, 0.25) is 0 Å². The number of fused-ring (bicyclic) bond motifs is 14. The number of furan rings is 1. The second-order valence-electron chi connectivity index (χ2n) is 17.4. The van der Waals surface area contributed by atoms with Crippen molar-refractivity contribution < 1.29 is 4.42 Å². The third-order valence-corrected chi connectivity index (χ3v) is 14.3. The van der Waals surface area contributed by atoms with Crippen LogP contribution >= 0.6 is 0 Å². The van der Waals surface area contributed by atoms with Crippen LogP contribution in [0.3, 0.4) is 0 Å². The summed E-state index contributed by atoms with van der Waals surface area (Å²) in [7, 11) is 0. The number of anilines is 3. The maximum absolute atomic E-state index is 6.29. The number of rotatable bonds is 4. The number of aryl methyl sites for hydroxylation is 1. The first-order valence-electron chi connectivity index (χ1n) is 20.2. The molecular weight excluding hydrogens is 667 g/mol. The maximum atomic E-state index is 6.29. The molecule has 0 N–H and O–H groups in total. The van der Waals surface area contributed by atoms with Crippen molar-refractivity contribution in [2.75, 3.05) is 4.90 Å². The van der Waals surface area contributed by atoms with Crippen LogP contribution in [0.4, 0.5) is 17.1 Å². The quantitative estimate of drug-likeness (QED) is 0.181. The van der Waals surface area contributed by atoms with Gasteiger partial charge in [-0.15, -0.1) is 0 Å². The molecule has 3 atom stereocenters. The van der Waals surface area contributed by atoms with Crippen molar-refractivity contribution in [2.24, 2.45) is 11.8 Å². The van der Waals surface area contributed by atoms with Gasteiger partial charge in [-0.1, -0.05) is 117 Å². The lowest BCUT2D eigenvalue weighted by Gasteiger charge is -2.37. The van der Waals surface area contributed by atoms with E-state index in [1.54, 1.807) is 11.1 Å². The third-order valence-electron chi connectivity index (χ3n) is 14.3. The summed E-state index contributed by atoms with van der Waals surface area (Å²) >= 11 is 0. The smallest absolute Gasteiger partial charge is 0.138 e. The average Bonchev–Trinajstić information content (AvgIpc) is 4.03. The van der Waals surface area contributed by atoms with Crippen LogP contribution in [-0.4, -0.2) is 0 Å². The molecule has 55 heavy (non-hydrogen) atoms. The lowest BCUT2D eigenvalue weighted by molar-refractivity contribution is 0.327. The van der Waals surface area contributed by atoms with Crippen LogP contribution in [0, 0.1) is 18.8 Å². The van der Waals surface area contributed by atoms with Gasteiger partial charge in [-0.2, -0.15) is 0 Å². The molecule has 1 aromatic heterocycles. The molecule has 2 nitrogen and oxygen atoms in total. The molecule has 12 rings (SSSR count). The summed E-state index contributed by atoms with van der Waals surface area (Å²) in [4.78, 5) is 2.52. The average molecular weight is 710 g/mol. The zero-order valence-corrected chi connectivity index (χ0v) is 31.7. The first-order chi connectivity index (χ1) is 26.9. The molecule has 2 heteroatoms. The Balaban J connectivity index is 1.01. The van der Waals surface area contributed by atoms with E-state index < -0.39 is 0 Å². The Morgan fingerprint density at radius 1 is 0.545 bits per heavy atom. The lowest BCUT2D eigenvalue weighted by atomic mass is 9.67. The van der Waals surface area contributed by atoms with Crippen molar-refractivity contribution in [3.05, 3.63) is 173 Å². The van der Waals surface area contributed by atoms with Crippen molar-refractivity contribution in [3.63, 3.8) is 0 Å². The molecule has 8 aromatic rings. The highest BCUT2D eigenvalue weighted by molar-refractivity contribution is 6.07.